The van der Waals surface area contributed by atoms with Crippen molar-refractivity contribution in [2.75, 3.05) is 32.7 Å². The fraction of sp³-hybridized carbons (Fsp3) is 0.407. The Morgan fingerprint density at radius 2 is 1.79 bits per heavy atom. The van der Waals surface area contributed by atoms with E-state index < -0.39 is 0 Å². The number of carbonyl (C=O) groups is 2. The third-order valence-corrected chi connectivity index (χ3v) is 8.88. The minimum Gasteiger partial charge on any atom is -0.338 e. The van der Waals surface area contributed by atoms with Crippen LogP contribution >= 0.6 is 22.7 Å². The van der Waals surface area contributed by atoms with Gasteiger partial charge in [-0.2, -0.15) is 0 Å². The van der Waals surface area contributed by atoms with Crippen LogP contribution in [0.15, 0.2) is 53.2 Å². The Morgan fingerprint density at radius 3 is 2.53 bits per heavy atom. The van der Waals surface area contributed by atoms with Gasteiger partial charge in [-0.1, -0.05) is 35.9 Å². The van der Waals surface area contributed by atoms with E-state index >= 15 is 0 Å². The summed E-state index contributed by atoms with van der Waals surface area (Å²) in [5.41, 5.74) is 3.83. The molecule has 2 aliphatic rings. The Hall–Kier alpha value is -2.48. The van der Waals surface area contributed by atoms with Gasteiger partial charge >= 0.3 is 0 Å². The van der Waals surface area contributed by atoms with Gasteiger partial charge in [0.15, 0.2) is 0 Å². The molecule has 0 aliphatic carbocycles. The largest absolute Gasteiger partial charge is 0.338 e. The van der Waals surface area contributed by atoms with Gasteiger partial charge in [0.2, 0.25) is 11.8 Å². The molecule has 2 amide bonds. The van der Waals surface area contributed by atoms with Gasteiger partial charge in [-0.15, -0.1) is 22.7 Å². The number of carbonyl (C=O) groups excluding carboxylic acids is 2. The van der Waals surface area contributed by atoms with Crippen LogP contribution in [0, 0.1) is 6.92 Å². The topological polar surface area (TPSA) is 43.9 Å². The van der Waals surface area contributed by atoms with E-state index in [2.05, 4.69) is 54.5 Å². The van der Waals surface area contributed by atoms with Crippen LogP contribution in [0.2, 0.25) is 0 Å². The molecular formula is C27H31N3O2S2. The van der Waals surface area contributed by atoms with E-state index in [9.17, 15) is 9.59 Å². The van der Waals surface area contributed by atoms with Gasteiger partial charge in [-0.05, 0) is 54.3 Å². The van der Waals surface area contributed by atoms with E-state index in [1.807, 2.05) is 38.6 Å². The predicted octanol–water partition coefficient (Wildman–Crippen LogP) is 4.37. The Morgan fingerprint density at radius 1 is 0.971 bits per heavy atom. The fourth-order valence-electron chi connectivity index (χ4n) is 5.17. The molecule has 0 spiro atoms. The summed E-state index contributed by atoms with van der Waals surface area (Å²) in [6.45, 7) is 7.25. The number of piperazine rings is 1. The predicted molar refractivity (Wildman–Crippen MR) is 138 cm³/mol. The highest BCUT2D eigenvalue weighted by atomic mass is 32.1. The van der Waals surface area contributed by atoms with Gasteiger partial charge in [0.25, 0.3) is 0 Å². The van der Waals surface area contributed by atoms with Crippen molar-refractivity contribution in [1.29, 1.82) is 0 Å². The Kier molecular flexibility index (Phi) is 6.86. The van der Waals surface area contributed by atoms with Crippen molar-refractivity contribution in [3.8, 4) is 0 Å². The van der Waals surface area contributed by atoms with Crippen LogP contribution in [0.5, 0.6) is 0 Å². The van der Waals surface area contributed by atoms with Crippen molar-refractivity contribution in [2.24, 2.45) is 0 Å². The molecule has 1 aromatic carbocycles. The maximum atomic E-state index is 13.4. The van der Waals surface area contributed by atoms with E-state index in [0.29, 0.717) is 32.6 Å². The molecule has 178 valence electrons. The number of hydrogen-bond acceptors (Lipinski definition) is 5. The lowest BCUT2D eigenvalue weighted by Gasteiger charge is -2.42. The molecular weight excluding hydrogens is 462 g/mol. The molecule has 1 saturated heterocycles. The van der Waals surface area contributed by atoms with Crippen LogP contribution in [0.1, 0.15) is 39.4 Å². The smallest absolute Gasteiger partial charge is 0.236 e. The number of fused-ring (bicyclic) bond motifs is 1. The molecule has 34 heavy (non-hydrogen) atoms. The van der Waals surface area contributed by atoms with Crippen molar-refractivity contribution in [1.82, 2.24) is 14.7 Å². The molecule has 2 atom stereocenters. The number of amides is 2. The number of aryl methyl sites for hydroxylation is 1. The standard InChI is InChI=1S/C27H31N3O2S2/c1-19-5-7-21(8-6-19)27-23-10-15-34-24(23)9-11-29(27)18-26(32)28-12-13-30(20(2)17-28)25(31)16-22-4-3-14-33-22/h3-8,10,14-15,20,27H,9,11-13,16-18H2,1-2H3/t20-,27-/m0/s1. The van der Waals surface area contributed by atoms with E-state index in [1.54, 1.807) is 11.3 Å². The molecule has 0 bridgehead atoms. The number of rotatable bonds is 5. The summed E-state index contributed by atoms with van der Waals surface area (Å²) in [5, 5.41) is 4.18. The average molecular weight is 494 g/mol. The van der Waals surface area contributed by atoms with Crippen molar-refractivity contribution in [3.63, 3.8) is 0 Å². The van der Waals surface area contributed by atoms with Gasteiger partial charge in [0.1, 0.15) is 0 Å². The minimum absolute atomic E-state index is 0.0305. The molecule has 4 heterocycles. The van der Waals surface area contributed by atoms with Gasteiger partial charge < -0.3 is 9.80 Å². The van der Waals surface area contributed by atoms with Crippen LogP contribution < -0.4 is 0 Å². The summed E-state index contributed by atoms with van der Waals surface area (Å²) in [5.74, 6) is 0.315. The molecule has 2 aliphatic heterocycles. The van der Waals surface area contributed by atoms with Crippen LogP contribution in [-0.2, 0) is 22.4 Å². The van der Waals surface area contributed by atoms with E-state index in [4.69, 9.17) is 0 Å². The highest BCUT2D eigenvalue weighted by Gasteiger charge is 2.34. The Labute approximate surface area is 209 Å². The molecule has 5 nitrogen and oxygen atoms in total. The van der Waals surface area contributed by atoms with Crippen LogP contribution in [0.4, 0.5) is 0 Å². The van der Waals surface area contributed by atoms with Crippen molar-refractivity contribution >= 4 is 34.5 Å². The molecule has 5 rings (SSSR count). The Bertz CT molecular complexity index is 1140. The van der Waals surface area contributed by atoms with Crippen LogP contribution in [0.25, 0.3) is 0 Å². The minimum atomic E-state index is 0.0305. The summed E-state index contributed by atoms with van der Waals surface area (Å²) < 4.78 is 0. The number of thiophene rings is 2. The van der Waals surface area contributed by atoms with Crippen molar-refractivity contribution in [3.05, 3.63) is 79.7 Å². The van der Waals surface area contributed by atoms with Crippen LogP contribution in [0.3, 0.4) is 0 Å². The average Bonchev–Trinajstić information content (AvgIpc) is 3.51. The summed E-state index contributed by atoms with van der Waals surface area (Å²) in [6.07, 6.45) is 1.44. The second kappa shape index (κ2) is 10.0. The molecule has 1 fully saturated rings. The quantitative estimate of drug-likeness (QED) is 0.530. The fourth-order valence-corrected chi connectivity index (χ4v) is 6.77. The molecule has 0 unspecified atom stereocenters. The van der Waals surface area contributed by atoms with E-state index in [0.717, 1.165) is 17.8 Å². The second-order valence-electron chi connectivity index (χ2n) is 9.36. The van der Waals surface area contributed by atoms with Gasteiger partial charge in [0, 0.05) is 42.0 Å². The van der Waals surface area contributed by atoms with Gasteiger partial charge in [-0.25, -0.2) is 0 Å². The first-order valence-electron chi connectivity index (χ1n) is 12.0. The third kappa shape index (κ3) is 4.83. The zero-order chi connectivity index (χ0) is 23.7. The first-order chi connectivity index (χ1) is 16.5. The summed E-state index contributed by atoms with van der Waals surface area (Å²) in [4.78, 5) is 35.0. The maximum Gasteiger partial charge on any atom is 0.236 e. The van der Waals surface area contributed by atoms with Crippen molar-refractivity contribution < 1.29 is 9.59 Å². The first-order valence-corrected chi connectivity index (χ1v) is 13.7. The second-order valence-corrected chi connectivity index (χ2v) is 11.4. The lowest BCUT2D eigenvalue weighted by molar-refractivity contribution is -0.143. The molecule has 0 saturated carbocycles. The highest BCUT2D eigenvalue weighted by Crippen LogP contribution is 2.37. The van der Waals surface area contributed by atoms with Gasteiger partial charge in [0.05, 0.1) is 19.0 Å². The lowest BCUT2D eigenvalue weighted by atomic mass is 9.92. The van der Waals surface area contributed by atoms with Gasteiger partial charge in [-0.3, -0.25) is 14.5 Å². The zero-order valence-corrected chi connectivity index (χ0v) is 21.4. The van der Waals surface area contributed by atoms with E-state index in [-0.39, 0.29) is 23.9 Å². The van der Waals surface area contributed by atoms with Crippen LogP contribution in [-0.4, -0.2) is 65.3 Å². The molecule has 7 heteroatoms. The third-order valence-electron chi connectivity index (χ3n) is 7.00. The summed E-state index contributed by atoms with van der Waals surface area (Å²) in [6, 6.07) is 15.1. The van der Waals surface area contributed by atoms with Crippen molar-refractivity contribution in [2.45, 2.75) is 38.8 Å². The molecule has 0 N–H and O–H groups in total. The van der Waals surface area contributed by atoms with E-state index in [1.165, 1.54) is 21.6 Å². The monoisotopic (exact) mass is 493 g/mol. The number of hydrogen-bond donors (Lipinski definition) is 0. The number of nitrogens with zero attached hydrogens (tertiary/aromatic N) is 3. The maximum absolute atomic E-state index is 13.4. The SMILES string of the molecule is Cc1ccc([C@H]2c3ccsc3CCN2CC(=O)N2CCN(C(=O)Cc3cccs3)[C@@H](C)C2)cc1. The lowest BCUT2D eigenvalue weighted by Crippen LogP contribution is -2.57. The summed E-state index contributed by atoms with van der Waals surface area (Å²) in [7, 11) is 0. The normalized spacial score (nSPS) is 20.9. The zero-order valence-electron chi connectivity index (χ0n) is 19.8. The Balaban J connectivity index is 1.25. The molecule has 2 aromatic heterocycles. The highest BCUT2D eigenvalue weighted by molar-refractivity contribution is 7.10. The molecule has 0 radical (unpaired) electrons. The first kappa shape index (κ1) is 23.3. The summed E-state index contributed by atoms with van der Waals surface area (Å²) >= 11 is 3.44. The molecule has 3 aromatic rings. The number of benzene rings is 1.